The molecular weight excluding hydrogens is 371 g/mol. The summed E-state index contributed by atoms with van der Waals surface area (Å²) in [4.78, 5) is 4.16. The van der Waals surface area contributed by atoms with E-state index in [1.54, 1.807) is 0 Å². The first-order valence-electron chi connectivity index (χ1n) is 8.96. The molecule has 0 aromatic heterocycles. The van der Waals surface area contributed by atoms with Gasteiger partial charge in [-0.1, -0.05) is 35.3 Å². The molecule has 1 fully saturated rings. The maximum atomic E-state index is 6.32. The molecule has 0 saturated carbocycles. The van der Waals surface area contributed by atoms with E-state index >= 15 is 0 Å². The maximum absolute atomic E-state index is 6.32. The minimum Gasteiger partial charge on any atom is -0.367 e. The van der Waals surface area contributed by atoms with Gasteiger partial charge in [-0.2, -0.15) is 0 Å². The Kier molecular flexibility index (Phi) is 4.16. The van der Waals surface area contributed by atoms with Gasteiger partial charge in [-0.05, 0) is 60.0 Å². The van der Waals surface area contributed by atoms with Crippen molar-refractivity contribution in [2.24, 2.45) is 0 Å². The number of piperidine rings is 1. The second-order valence-corrected chi connectivity index (χ2v) is 9.02. The van der Waals surface area contributed by atoms with Gasteiger partial charge in [0.05, 0.1) is 15.7 Å². The molecule has 0 amide bonds. The minimum atomic E-state index is 0.562. The average Bonchev–Trinajstić information content (AvgIpc) is 2.81. The van der Waals surface area contributed by atoms with Crippen LogP contribution in [0.25, 0.3) is 11.1 Å². The van der Waals surface area contributed by atoms with E-state index < -0.39 is 0 Å². The van der Waals surface area contributed by atoms with Crippen LogP contribution in [0.1, 0.15) is 24.3 Å². The number of nitrogens with one attached hydrogen (secondary N) is 1. The molecule has 1 saturated heterocycles. The first-order chi connectivity index (χ1) is 12.2. The third-order valence-corrected chi connectivity index (χ3v) is 7.59. The van der Waals surface area contributed by atoms with E-state index in [0.717, 1.165) is 13.1 Å². The summed E-state index contributed by atoms with van der Waals surface area (Å²) in [7, 11) is 0. The molecule has 5 heteroatoms. The fraction of sp³-hybridized carbons (Fsp3) is 0.400. The zero-order chi connectivity index (χ0) is 17.0. The summed E-state index contributed by atoms with van der Waals surface area (Å²) in [6.07, 6.45) is 2.49. The van der Waals surface area contributed by atoms with Gasteiger partial charge in [0.15, 0.2) is 0 Å². The number of hydrogen-bond donors (Lipinski definition) is 1. The van der Waals surface area contributed by atoms with Gasteiger partial charge in [0.25, 0.3) is 0 Å². The van der Waals surface area contributed by atoms with E-state index in [2.05, 4.69) is 28.4 Å². The number of halogens is 2. The van der Waals surface area contributed by atoms with Crippen LogP contribution < -0.4 is 10.2 Å². The number of benzene rings is 2. The van der Waals surface area contributed by atoms with Crippen LogP contribution in [0.5, 0.6) is 0 Å². The Hall–Kier alpha value is -0.870. The lowest BCUT2D eigenvalue weighted by molar-refractivity contribution is 0.403. The van der Waals surface area contributed by atoms with Crippen molar-refractivity contribution in [1.82, 2.24) is 5.32 Å². The highest BCUT2D eigenvalue weighted by atomic mass is 35.5. The van der Waals surface area contributed by atoms with Crippen molar-refractivity contribution >= 4 is 40.7 Å². The first-order valence-corrected chi connectivity index (χ1v) is 10.7. The monoisotopic (exact) mass is 390 g/mol. The Bertz CT molecular complexity index is 839. The fourth-order valence-electron chi connectivity index (χ4n) is 4.66. The van der Waals surface area contributed by atoms with E-state index in [4.69, 9.17) is 23.2 Å². The minimum absolute atomic E-state index is 0.562. The average molecular weight is 391 g/mol. The number of hydrogen-bond acceptors (Lipinski definition) is 3. The topological polar surface area (TPSA) is 15.3 Å². The lowest BCUT2D eigenvalue weighted by Crippen LogP contribution is -2.44. The molecule has 2 aromatic carbocycles. The molecule has 0 spiro atoms. The normalized spacial score (nSPS) is 24.6. The van der Waals surface area contributed by atoms with Crippen LogP contribution in [0.15, 0.2) is 35.2 Å². The van der Waals surface area contributed by atoms with Crippen LogP contribution in [0, 0.1) is 0 Å². The number of nitrogens with zero attached hydrogens (tertiary/aromatic N) is 1. The Balaban J connectivity index is 1.73. The van der Waals surface area contributed by atoms with Gasteiger partial charge in [-0.25, -0.2) is 0 Å². The third-order valence-electron chi connectivity index (χ3n) is 5.72. The zero-order valence-corrected chi connectivity index (χ0v) is 16.2. The van der Waals surface area contributed by atoms with Gasteiger partial charge >= 0.3 is 0 Å². The SMILES string of the molecule is Clc1ccc(-c2ccc3c4c2[C@@H]2CNCC[C@@H]2N4CCCS3)cc1Cl. The smallest absolute Gasteiger partial charge is 0.0598 e. The zero-order valence-electron chi connectivity index (χ0n) is 13.9. The van der Waals surface area contributed by atoms with Gasteiger partial charge in [0, 0.05) is 29.9 Å². The molecule has 0 aliphatic carbocycles. The summed E-state index contributed by atoms with van der Waals surface area (Å²) in [6.45, 7) is 3.37. The fourth-order valence-corrected chi connectivity index (χ4v) is 5.98. The third kappa shape index (κ3) is 2.59. The van der Waals surface area contributed by atoms with Crippen molar-refractivity contribution in [1.29, 1.82) is 0 Å². The summed E-state index contributed by atoms with van der Waals surface area (Å²) in [5.41, 5.74) is 5.50. The molecule has 2 nitrogen and oxygen atoms in total. The highest BCUT2D eigenvalue weighted by molar-refractivity contribution is 7.99. The molecule has 1 N–H and O–H groups in total. The summed E-state index contributed by atoms with van der Waals surface area (Å²) in [5.74, 6) is 1.77. The standard InChI is InChI=1S/C20H20Cl2N2S/c21-15-4-2-12(10-16(15)22)13-3-5-18-20-19(13)14-11-23-7-6-17(14)24(20)8-1-9-25-18/h2-5,10,14,17,23H,1,6-9,11H2/t14-,17+/m1/s1. The van der Waals surface area contributed by atoms with Crippen LogP contribution in [0.3, 0.4) is 0 Å². The Morgan fingerprint density at radius 3 is 2.92 bits per heavy atom. The van der Waals surface area contributed by atoms with Crippen LogP contribution in [-0.2, 0) is 0 Å². The van der Waals surface area contributed by atoms with E-state index in [9.17, 15) is 0 Å². The van der Waals surface area contributed by atoms with Gasteiger partial charge in [0.2, 0.25) is 0 Å². The number of thioether (sulfide) groups is 1. The number of fused-ring (bicyclic) bond motifs is 3. The number of rotatable bonds is 1. The molecule has 3 aliphatic heterocycles. The van der Waals surface area contributed by atoms with Crippen LogP contribution >= 0.6 is 35.0 Å². The summed E-state index contributed by atoms with van der Waals surface area (Å²) < 4.78 is 0. The maximum Gasteiger partial charge on any atom is 0.0598 e. The largest absolute Gasteiger partial charge is 0.367 e. The highest BCUT2D eigenvalue weighted by Crippen LogP contribution is 2.53. The number of anilines is 1. The van der Waals surface area contributed by atoms with Crippen molar-refractivity contribution in [2.75, 3.05) is 30.3 Å². The molecule has 5 rings (SSSR count). The molecule has 2 atom stereocenters. The lowest BCUT2D eigenvalue weighted by atomic mass is 9.85. The molecule has 25 heavy (non-hydrogen) atoms. The Morgan fingerprint density at radius 2 is 2.04 bits per heavy atom. The summed E-state index contributed by atoms with van der Waals surface area (Å²) in [6, 6.07) is 11.3. The van der Waals surface area contributed by atoms with E-state index in [0.29, 0.717) is 22.0 Å². The van der Waals surface area contributed by atoms with Crippen molar-refractivity contribution in [3.05, 3.63) is 45.9 Å². The van der Waals surface area contributed by atoms with E-state index in [-0.39, 0.29) is 0 Å². The van der Waals surface area contributed by atoms with E-state index in [1.165, 1.54) is 52.4 Å². The predicted octanol–water partition coefficient (Wildman–Crippen LogP) is 5.42. The molecule has 3 heterocycles. The van der Waals surface area contributed by atoms with Crippen LogP contribution in [-0.4, -0.2) is 31.4 Å². The summed E-state index contributed by atoms with van der Waals surface area (Å²) >= 11 is 14.5. The molecule has 0 unspecified atom stereocenters. The second-order valence-electron chi connectivity index (χ2n) is 7.06. The van der Waals surface area contributed by atoms with Gasteiger partial charge in [-0.15, -0.1) is 11.8 Å². The second kappa shape index (κ2) is 6.38. The Labute approximate surface area is 162 Å². The van der Waals surface area contributed by atoms with Gasteiger partial charge in [0.1, 0.15) is 0 Å². The van der Waals surface area contributed by atoms with Gasteiger partial charge < -0.3 is 10.2 Å². The van der Waals surface area contributed by atoms with Crippen molar-refractivity contribution < 1.29 is 0 Å². The first kappa shape index (κ1) is 16.3. The molecule has 2 aromatic rings. The van der Waals surface area contributed by atoms with Crippen molar-refractivity contribution in [3.63, 3.8) is 0 Å². The predicted molar refractivity (Wildman–Crippen MR) is 109 cm³/mol. The van der Waals surface area contributed by atoms with Crippen LogP contribution in [0.4, 0.5) is 5.69 Å². The highest BCUT2D eigenvalue weighted by Gasteiger charge is 2.43. The summed E-state index contributed by atoms with van der Waals surface area (Å²) in [5, 5.41) is 4.86. The van der Waals surface area contributed by atoms with E-state index in [1.807, 2.05) is 23.9 Å². The van der Waals surface area contributed by atoms with Gasteiger partial charge in [-0.3, -0.25) is 0 Å². The molecule has 0 radical (unpaired) electrons. The molecule has 0 bridgehead atoms. The Morgan fingerprint density at radius 1 is 1.12 bits per heavy atom. The molecule has 130 valence electrons. The van der Waals surface area contributed by atoms with Crippen molar-refractivity contribution in [2.45, 2.75) is 29.7 Å². The quantitative estimate of drug-likeness (QED) is 0.699. The van der Waals surface area contributed by atoms with Crippen LogP contribution in [0.2, 0.25) is 10.0 Å². The van der Waals surface area contributed by atoms with Crippen molar-refractivity contribution in [3.8, 4) is 11.1 Å². The lowest BCUT2D eigenvalue weighted by Gasteiger charge is -2.33. The molecular formula is C20H20Cl2N2S. The molecule has 3 aliphatic rings.